The van der Waals surface area contributed by atoms with Gasteiger partial charge in [-0.1, -0.05) is 12.8 Å². The summed E-state index contributed by atoms with van der Waals surface area (Å²) in [5.41, 5.74) is 0. The molecule has 116 valence electrons. The summed E-state index contributed by atoms with van der Waals surface area (Å²) in [4.78, 5) is 2.66. The number of rotatable bonds is 3. The Kier molecular flexibility index (Phi) is 4.68. The quantitative estimate of drug-likeness (QED) is 0.856. The van der Waals surface area contributed by atoms with Gasteiger partial charge in [-0.05, 0) is 51.1 Å². The average molecular weight is 300 g/mol. The molecule has 0 spiro atoms. The van der Waals surface area contributed by atoms with Crippen molar-refractivity contribution >= 4 is 9.84 Å². The van der Waals surface area contributed by atoms with E-state index in [1.54, 1.807) is 0 Å². The van der Waals surface area contributed by atoms with Crippen molar-refractivity contribution in [1.82, 2.24) is 10.2 Å². The topological polar surface area (TPSA) is 49.4 Å². The lowest BCUT2D eigenvalue weighted by atomic mass is 9.78. The van der Waals surface area contributed by atoms with Crippen molar-refractivity contribution in [1.29, 1.82) is 0 Å². The highest BCUT2D eigenvalue weighted by Crippen LogP contribution is 2.35. The normalized spacial score (nSPS) is 38.3. The number of piperidine rings is 1. The summed E-state index contributed by atoms with van der Waals surface area (Å²) in [6, 6.07) is 0.968. The van der Waals surface area contributed by atoms with Crippen molar-refractivity contribution in [3.63, 3.8) is 0 Å². The second-order valence-electron chi connectivity index (χ2n) is 6.84. The van der Waals surface area contributed by atoms with E-state index in [9.17, 15) is 8.42 Å². The zero-order chi connectivity index (χ0) is 14.0. The lowest BCUT2D eigenvalue weighted by Crippen LogP contribution is -2.50. The van der Waals surface area contributed by atoms with Crippen molar-refractivity contribution in [3.05, 3.63) is 0 Å². The summed E-state index contributed by atoms with van der Waals surface area (Å²) < 4.78 is 23.4. The van der Waals surface area contributed by atoms with Gasteiger partial charge in [0.2, 0.25) is 0 Å². The van der Waals surface area contributed by atoms with E-state index in [0.29, 0.717) is 18.1 Å². The monoisotopic (exact) mass is 300 g/mol. The second kappa shape index (κ2) is 6.32. The zero-order valence-electron chi connectivity index (χ0n) is 12.4. The molecule has 3 rings (SSSR count). The highest BCUT2D eigenvalue weighted by atomic mass is 32.2. The number of nitrogens with zero attached hydrogens (tertiary/aromatic N) is 1. The molecule has 1 unspecified atom stereocenters. The van der Waals surface area contributed by atoms with E-state index >= 15 is 0 Å². The number of fused-ring (bicyclic) bond motifs is 1. The van der Waals surface area contributed by atoms with Crippen molar-refractivity contribution in [3.8, 4) is 0 Å². The van der Waals surface area contributed by atoms with Crippen LogP contribution in [-0.4, -0.2) is 56.5 Å². The van der Waals surface area contributed by atoms with Gasteiger partial charge in [0.1, 0.15) is 0 Å². The Morgan fingerprint density at radius 3 is 2.75 bits per heavy atom. The van der Waals surface area contributed by atoms with Crippen LogP contribution in [-0.2, 0) is 9.84 Å². The van der Waals surface area contributed by atoms with Gasteiger partial charge in [-0.2, -0.15) is 0 Å². The van der Waals surface area contributed by atoms with Gasteiger partial charge in [0.05, 0.1) is 11.5 Å². The van der Waals surface area contributed by atoms with Gasteiger partial charge in [-0.15, -0.1) is 0 Å². The van der Waals surface area contributed by atoms with Gasteiger partial charge in [0.25, 0.3) is 0 Å². The predicted octanol–water partition coefficient (Wildman–Crippen LogP) is 1.42. The Labute approximate surface area is 123 Å². The Bertz CT molecular complexity index is 422. The van der Waals surface area contributed by atoms with Crippen LogP contribution in [0.5, 0.6) is 0 Å². The molecule has 0 aromatic heterocycles. The van der Waals surface area contributed by atoms with Gasteiger partial charge in [-0.25, -0.2) is 8.42 Å². The van der Waals surface area contributed by atoms with Crippen molar-refractivity contribution < 1.29 is 8.42 Å². The van der Waals surface area contributed by atoms with Crippen LogP contribution in [0.2, 0.25) is 0 Å². The molecule has 3 fully saturated rings. The number of hydrogen-bond acceptors (Lipinski definition) is 4. The van der Waals surface area contributed by atoms with Gasteiger partial charge >= 0.3 is 0 Å². The summed E-state index contributed by atoms with van der Waals surface area (Å²) in [6.07, 6.45) is 9.31. The van der Waals surface area contributed by atoms with E-state index in [1.807, 2.05) is 0 Å². The third-order valence-corrected chi connectivity index (χ3v) is 7.16. The minimum atomic E-state index is -2.79. The molecule has 0 radical (unpaired) electrons. The van der Waals surface area contributed by atoms with Crippen molar-refractivity contribution in [2.75, 3.05) is 31.1 Å². The molecule has 1 saturated carbocycles. The molecule has 0 bridgehead atoms. The maximum atomic E-state index is 11.7. The van der Waals surface area contributed by atoms with Gasteiger partial charge in [0.15, 0.2) is 9.84 Å². The third-order valence-electron chi connectivity index (χ3n) is 5.42. The first kappa shape index (κ1) is 14.8. The first-order valence-corrected chi connectivity index (χ1v) is 10.1. The van der Waals surface area contributed by atoms with Crippen LogP contribution in [0.4, 0.5) is 0 Å². The van der Waals surface area contributed by atoms with E-state index in [2.05, 4.69) is 10.2 Å². The number of hydrogen-bond donors (Lipinski definition) is 1. The Balaban J connectivity index is 1.52. The van der Waals surface area contributed by atoms with E-state index in [0.717, 1.165) is 24.9 Å². The van der Waals surface area contributed by atoms with Crippen LogP contribution < -0.4 is 5.32 Å². The lowest BCUT2D eigenvalue weighted by molar-refractivity contribution is 0.0582. The molecule has 0 aromatic rings. The molecule has 1 aliphatic carbocycles. The van der Waals surface area contributed by atoms with Gasteiger partial charge in [0, 0.05) is 18.6 Å². The van der Waals surface area contributed by atoms with E-state index in [1.165, 1.54) is 45.1 Å². The molecule has 5 heteroatoms. The molecule has 2 saturated heterocycles. The van der Waals surface area contributed by atoms with Crippen LogP contribution >= 0.6 is 0 Å². The highest BCUT2D eigenvalue weighted by Gasteiger charge is 2.33. The maximum Gasteiger partial charge on any atom is 0.153 e. The Morgan fingerprint density at radius 1 is 1.10 bits per heavy atom. The fraction of sp³-hybridized carbons (Fsp3) is 1.00. The summed E-state index contributed by atoms with van der Waals surface area (Å²) >= 11 is 0. The van der Waals surface area contributed by atoms with E-state index in [4.69, 9.17) is 0 Å². The fourth-order valence-corrected chi connectivity index (χ4v) is 5.87. The summed E-state index contributed by atoms with van der Waals surface area (Å²) in [5, 5.41) is 3.38. The smallest absolute Gasteiger partial charge is 0.153 e. The van der Waals surface area contributed by atoms with Crippen LogP contribution in [0.15, 0.2) is 0 Å². The number of nitrogens with one attached hydrogen (secondary N) is 1. The van der Waals surface area contributed by atoms with Crippen molar-refractivity contribution in [2.45, 2.75) is 57.0 Å². The highest BCUT2D eigenvalue weighted by molar-refractivity contribution is 7.91. The summed E-state index contributed by atoms with van der Waals surface area (Å²) in [7, 11) is -2.79. The predicted molar refractivity (Wildman–Crippen MR) is 81.6 cm³/mol. The van der Waals surface area contributed by atoms with Crippen LogP contribution in [0.3, 0.4) is 0 Å². The first-order valence-electron chi connectivity index (χ1n) is 8.32. The SMILES string of the molecule is O=S1(=O)CCNC(CCN2CCC[C@H]3CCCC[C@H]32)C1. The van der Waals surface area contributed by atoms with Crippen LogP contribution in [0.25, 0.3) is 0 Å². The Hall–Kier alpha value is -0.130. The van der Waals surface area contributed by atoms with Crippen molar-refractivity contribution in [2.24, 2.45) is 5.92 Å². The van der Waals surface area contributed by atoms with Crippen LogP contribution in [0.1, 0.15) is 44.9 Å². The molecular weight excluding hydrogens is 272 g/mol. The molecule has 3 atom stereocenters. The molecule has 0 amide bonds. The summed E-state index contributed by atoms with van der Waals surface area (Å²) in [6.45, 7) is 2.94. The molecule has 2 heterocycles. The lowest BCUT2D eigenvalue weighted by Gasteiger charge is -2.44. The number of likely N-dealkylation sites (tertiary alicyclic amines) is 1. The molecule has 20 heavy (non-hydrogen) atoms. The molecule has 4 nitrogen and oxygen atoms in total. The Morgan fingerprint density at radius 2 is 1.90 bits per heavy atom. The first-order chi connectivity index (χ1) is 9.64. The largest absolute Gasteiger partial charge is 0.312 e. The fourth-order valence-electron chi connectivity index (χ4n) is 4.38. The van der Waals surface area contributed by atoms with E-state index in [-0.39, 0.29) is 6.04 Å². The molecule has 1 N–H and O–H groups in total. The van der Waals surface area contributed by atoms with Gasteiger partial charge in [-0.3, -0.25) is 0 Å². The molecule has 0 aromatic carbocycles. The standard InChI is InChI=1S/C15H28N2O2S/c18-20(19)11-8-16-14(12-20)7-10-17-9-3-5-13-4-1-2-6-15(13)17/h13-16H,1-12H2/t13-,14?,15-/m1/s1. The van der Waals surface area contributed by atoms with Gasteiger partial charge < -0.3 is 10.2 Å². The third kappa shape index (κ3) is 3.55. The average Bonchev–Trinajstić information content (AvgIpc) is 2.44. The minimum Gasteiger partial charge on any atom is -0.312 e. The molecular formula is C15H28N2O2S. The zero-order valence-corrected chi connectivity index (χ0v) is 13.2. The summed E-state index contributed by atoms with van der Waals surface area (Å²) in [5.74, 6) is 1.58. The van der Waals surface area contributed by atoms with Crippen LogP contribution in [0, 0.1) is 5.92 Å². The second-order valence-corrected chi connectivity index (χ2v) is 9.07. The number of sulfone groups is 1. The molecule has 3 aliphatic rings. The van der Waals surface area contributed by atoms with E-state index < -0.39 is 9.84 Å². The minimum absolute atomic E-state index is 0.178. The molecule has 2 aliphatic heterocycles. The maximum absolute atomic E-state index is 11.7.